The fourth-order valence-corrected chi connectivity index (χ4v) is 2.68. The van der Waals surface area contributed by atoms with Gasteiger partial charge < -0.3 is 14.2 Å². The number of methoxy groups -OCH3 is 1. The number of cyclic esters (lactones) is 1. The number of nitrogens with zero attached hydrogens (tertiary/aromatic N) is 1. The number of halogens is 1. The van der Waals surface area contributed by atoms with Gasteiger partial charge in [-0.25, -0.2) is 9.79 Å². The highest BCUT2D eigenvalue weighted by molar-refractivity contribution is 14.1. The number of ether oxygens (including phenoxy) is 3. The fourth-order valence-electron chi connectivity index (χ4n) is 2.32. The van der Waals surface area contributed by atoms with Crippen LogP contribution in [0.5, 0.6) is 11.5 Å². The quantitative estimate of drug-likeness (QED) is 0.280. The summed E-state index contributed by atoms with van der Waals surface area (Å²) in [6, 6.07) is 13.0. The van der Waals surface area contributed by atoms with E-state index in [0.717, 1.165) is 14.7 Å². The Morgan fingerprint density at radius 1 is 1.19 bits per heavy atom. The zero-order valence-corrected chi connectivity index (χ0v) is 16.2. The van der Waals surface area contributed by atoms with Crippen LogP contribution in [0.4, 0.5) is 0 Å². The van der Waals surface area contributed by atoms with Gasteiger partial charge in [-0.05, 0) is 70.6 Å². The van der Waals surface area contributed by atoms with Crippen molar-refractivity contribution in [3.8, 4) is 11.5 Å². The molecule has 26 heavy (non-hydrogen) atoms. The Morgan fingerprint density at radius 3 is 2.65 bits per heavy atom. The van der Waals surface area contributed by atoms with E-state index >= 15 is 0 Å². The molecule has 0 fully saturated rings. The minimum atomic E-state index is -0.482. The van der Waals surface area contributed by atoms with Gasteiger partial charge in [0.05, 0.1) is 7.11 Å². The van der Waals surface area contributed by atoms with Crippen LogP contribution >= 0.6 is 22.6 Å². The summed E-state index contributed by atoms with van der Waals surface area (Å²) in [6.07, 6.45) is 3.31. The average molecular weight is 461 g/mol. The zero-order chi connectivity index (χ0) is 18.5. The Labute approximate surface area is 165 Å². The van der Waals surface area contributed by atoms with Crippen LogP contribution in [0.25, 0.3) is 6.08 Å². The molecule has 2 aromatic carbocycles. The summed E-state index contributed by atoms with van der Waals surface area (Å²) >= 11 is 2.21. The zero-order valence-electron chi connectivity index (χ0n) is 14.1. The average Bonchev–Trinajstić information content (AvgIpc) is 3.01. The van der Waals surface area contributed by atoms with Crippen molar-refractivity contribution in [2.24, 2.45) is 4.99 Å². The SMILES string of the molecule is C=CCOc1ccc(C=C2N=C(c3ccc(I)cc3)OC2=O)cc1OC. The number of hydrogen-bond acceptors (Lipinski definition) is 5. The molecule has 0 atom stereocenters. The van der Waals surface area contributed by atoms with E-state index in [1.165, 1.54) is 0 Å². The van der Waals surface area contributed by atoms with Gasteiger partial charge in [0, 0.05) is 9.13 Å². The van der Waals surface area contributed by atoms with Gasteiger partial charge in [0.25, 0.3) is 0 Å². The summed E-state index contributed by atoms with van der Waals surface area (Å²) in [5.41, 5.74) is 1.75. The van der Waals surface area contributed by atoms with Crippen LogP contribution in [-0.4, -0.2) is 25.6 Å². The van der Waals surface area contributed by atoms with Crippen LogP contribution in [0.15, 0.2) is 65.8 Å². The molecule has 0 saturated carbocycles. The van der Waals surface area contributed by atoms with Gasteiger partial charge in [-0.3, -0.25) is 0 Å². The van der Waals surface area contributed by atoms with E-state index in [9.17, 15) is 4.79 Å². The van der Waals surface area contributed by atoms with Crippen LogP contribution in [0.2, 0.25) is 0 Å². The maximum absolute atomic E-state index is 12.1. The van der Waals surface area contributed by atoms with Crippen LogP contribution < -0.4 is 9.47 Å². The number of rotatable bonds is 6. The number of carbonyl (C=O) groups is 1. The molecule has 0 N–H and O–H groups in total. The minimum absolute atomic E-state index is 0.236. The van der Waals surface area contributed by atoms with E-state index in [4.69, 9.17) is 14.2 Å². The molecule has 132 valence electrons. The first-order valence-electron chi connectivity index (χ1n) is 7.81. The molecule has 0 radical (unpaired) electrons. The van der Waals surface area contributed by atoms with Crippen LogP contribution in [0.1, 0.15) is 11.1 Å². The Hall–Kier alpha value is -2.61. The molecular weight excluding hydrogens is 445 g/mol. The highest BCUT2D eigenvalue weighted by atomic mass is 127. The van der Waals surface area contributed by atoms with Gasteiger partial charge in [0.15, 0.2) is 17.2 Å². The van der Waals surface area contributed by atoms with Gasteiger partial charge in [-0.2, -0.15) is 0 Å². The molecular formula is C20H16INO4. The predicted molar refractivity (Wildman–Crippen MR) is 108 cm³/mol. The van der Waals surface area contributed by atoms with E-state index in [2.05, 4.69) is 34.2 Å². The van der Waals surface area contributed by atoms with Crippen LogP contribution in [-0.2, 0) is 9.53 Å². The molecule has 1 aliphatic heterocycles. The lowest BCUT2D eigenvalue weighted by Gasteiger charge is -2.09. The van der Waals surface area contributed by atoms with Gasteiger partial charge in [-0.1, -0.05) is 18.7 Å². The first-order chi connectivity index (χ1) is 12.6. The molecule has 0 aromatic heterocycles. The Kier molecular flexibility index (Phi) is 5.72. The van der Waals surface area contributed by atoms with Gasteiger partial charge in [0.2, 0.25) is 5.90 Å². The third-order valence-corrected chi connectivity index (χ3v) is 4.28. The van der Waals surface area contributed by atoms with Crippen molar-refractivity contribution in [3.05, 3.63) is 75.5 Å². The Balaban J connectivity index is 1.88. The molecule has 0 unspecified atom stereocenters. The van der Waals surface area contributed by atoms with Crippen LogP contribution in [0.3, 0.4) is 0 Å². The second kappa shape index (κ2) is 8.18. The van der Waals surface area contributed by atoms with Crippen molar-refractivity contribution in [1.29, 1.82) is 0 Å². The minimum Gasteiger partial charge on any atom is -0.493 e. The normalized spacial score (nSPS) is 14.8. The van der Waals surface area contributed by atoms with Gasteiger partial charge in [-0.15, -0.1) is 0 Å². The molecule has 0 amide bonds. The summed E-state index contributed by atoms with van der Waals surface area (Å²) in [4.78, 5) is 16.4. The number of aliphatic imine (C=N–C) groups is 1. The third-order valence-electron chi connectivity index (χ3n) is 3.56. The van der Waals surface area contributed by atoms with E-state index in [1.54, 1.807) is 31.4 Å². The van der Waals surface area contributed by atoms with E-state index in [-0.39, 0.29) is 5.70 Å². The van der Waals surface area contributed by atoms with E-state index in [0.29, 0.717) is 24.0 Å². The smallest absolute Gasteiger partial charge is 0.363 e. The number of benzene rings is 2. The lowest BCUT2D eigenvalue weighted by molar-refractivity contribution is -0.129. The fraction of sp³-hybridized carbons (Fsp3) is 0.100. The Morgan fingerprint density at radius 2 is 1.96 bits per heavy atom. The summed E-state index contributed by atoms with van der Waals surface area (Å²) in [5, 5.41) is 0. The van der Waals surface area contributed by atoms with E-state index in [1.807, 2.05) is 30.3 Å². The molecule has 0 bridgehead atoms. The summed E-state index contributed by atoms with van der Waals surface area (Å²) in [7, 11) is 1.56. The van der Waals surface area contributed by atoms with Gasteiger partial charge >= 0.3 is 5.97 Å². The number of hydrogen-bond donors (Lipinski definition) is 0. The molecule has 3 rings (SSSR count). The third kappa shape index (κ3) is 4.13. The molecule has 6 heteroatoms. The second-order valence-corrected chi connectivity index (χ2v) is 6.60. The highest BCUT2D eigenvalue weighted by Gasteiger charge is 2.24. The molecule has 5 nitrogen and oxygen atoms in total. The largest absolute Gasteiger partial charge is 0.493 e. The maximum Gasteiger partial charge on any atom is 0.363 e. The molecule has 1 heterocycles. The van der Waals surface area contributed by atoms with Gasteiger partial charge in [0.1, 0.15) is 6.61 Å². The Bertz CT molecular complexity index is 901. The highest BCUT2D eigenvalue weighted by Crippen LogP contribution is 2.29. The van der Waals surface area contributed by atoms with Crippen molar-refractivity contribution >= 4 is 40.5 Å². The number of esters is 1. The van der Waals surface area contributed by atoms with Crippen LogP contribution in [0, 0.1) is 3.57 Å². The lowest BCUT2D eigenvalue weighted by atomic mass is 10.1. The first kappa shape index (κ1) is 18.2. The molecule has 1 aliphatic rings. The number of carbonyl (C=O) groups excluding carboxylic acids is 1. The van der Waals surface area contributed by atoms with Crippen molar-refractivity contribution in [1.82, 2.24) is 0 Å². The monoisotopic (exact) mass is 461 g/mol. The van der Waals surface area contributed by atoms with Crippen molar-refractivity contribution < 1.29 is 19.0 Å². The van der Waals surface area contributed by atoms with Crippen molar-refractivity contribution in [2.45, 2.75) is 0 Å². The molecule has 0 aliphatic carbocycles. The summed E-state index contributed by atoms with van der Waals surface area (Å²) < 4.78 is 17.2. The molecule has 0 saturated heterocycles. The van der Waals surface area contributed by atoms with E-state index < -0.39 is 5.97 Å². The van der Waals surface area contributed by atoms with Crippen molar-refractivity contribution in [3.63, 3.8) is 0 Å². The summed E-state index contributed by atoms with van der Waals surface area (Å²) in [6.45, 7) is 4.00. The predicted octanol–water partition coefficient (Wildman–Crippen LogP) is 4.21. The first-order valence-corrected chi connectivity index (χ1v) is 8.89. The topological polar surface area (TPSA) is 57.1 Å². The molecule has 0 spiro atoms. The lowest BCUT2D eigenvalue weighted by Crippen LogP contribution is -2.05. The maximum atomic E-state index is 12.1. The summed E-state index contributed by atoms with van der Waals surface area (Å²) in [5.74, 6) is 0.987. The second-order valence-electron chi connectivity index (χ2n) is 5.35. The molecule has 2 aromatic rings. The van der Waals surface area contributed by atoms with Crippen molar-refractivity contribution in [2.75, 3.05) is 13.7 Å². The standard InChI is InChI=1S/C20H16INO4/c1-3-10-25-17-9-4-13(12-18(17)24-2)11-16-20(23)26-19(22-16)14-5-7-15(21)8-6-14/h3-9,11-12H,1,10H2,2H3.